The van der Waals surface area contributed by atoms with Crippen LogP contribution in [0.4, 0.5) is 4.79 Å². The SMILES string of the molecule is C=C[C@H](O)[C@H](Cc1ccc(OCc2ccccc2)cc1)NC(=O)OC(C)(C)C. The maximum atomic E-state index is 12.1. The van der Waals surface area contributed by atoms with Crippen molar-refractivity contribution in [1.82, 2.24) is 5.32 Å². The molecule has 0 aliphatic heterocycles. The third kappa shape index (κ3) is 7.45. The minimum atomic E-state index is -0.887. The maximum absolute atomic E-state index is 12.1. The molecular formula is C23H29NO4. The smallest absolute Gasteiger partial charge is 0.407 e. The van der Waals surface area contributed by atoms with Gasteiger partial charge in [-0.15, -0.1) is 6.58 Å². The number of alkyl carbamates (subject to hydrolysis) is 1. The highest BCUT2D eigenvalue weighted by molar-refractivity contribution is 5.68. The molecule has 0 radical (unpaired) electrons. The summed E-state index contributed by atoms with van der Waals surface area (Å²) in [7, 11) is 0. The van der Waals surface area contributed by atoms with Crippen molar-refractivity contribution >= 4 is 6.09 Å². The number of hydrogen-bond acceptors (Lipinski definition) is 4. The van der Waals surface area contributed by atoms with Crippen molar-refractivity contribution in [1.29, 1.82) is 0 Å². The molecule has 0 aliphatic carbocycles. The Kier molecular flexibility index (Phi) is 7.64. The number of amides is 1. The molecule has 5 nitrogen and oxygen atoms in total. The van der Waals surface area contributed by atoms with Crippen molar-refractivity contribution in [2.75, 3.05) is 0 Å². The van der Waals surface area contributed by atoms with Crippen molar-refractivity contribution in [3.8, 4) is 5.75 Å². The fraction of sp³-hybridized carbons (Fsp3) is 0.348. The zero-order valence-electron chi connectivity index (χ0n) is 16.7. The van der Waals surface area contributed by atoms with Gasteiger partial charge in [0.1, 0.15) is 18.0 Å². The van der Waals surface area contributed by atoms with E-state index in [1.807, 2.05) is 54.6 Å². The second-order valence-electron chi connectivity index (χ2n) is 7.60. The molecule has 0 heterocycles. The van der Waals surface area contributed by atoms with Gasteiger partial charge in [-0.3, -0.25) is 0 Å². The fourth-order valence-electron chi connectivity index (χ4n) is 2.60. The Morgan fingerprint density at radius 3 is 2.32 bits per heavy atom. The Morgan fingerprint density at radius 2 is 1.75 bits per heavy atom. The van der Waals surface area contributed by atoms with E-state index in [2.05, 4.69) is 11.9 Å². The van der Waals surface area contributed by atoms with Gasteiger partial charge in [-0.1, -0.05) is 48.5 Å². The molecule has 2 atom stereocenters. The minimum Gasteiger partial charge on any atom is -0.489 e. The monoisotopic (exact) mass is 383 g/mol. The summed E-state index contributed by atoms with van der Waals surface area (Å²) in [5.74, 6) is 0.758. The summed E-state index contributed by atoms with van der Waals surface area (Å²) in [4.78, 5) is 12.1. The fourth-order valence-corrected chi connectivity index (χ4v) is 2.60. The van der Waals surface area contributed by atoms with E-state index in [1.165, 1.54) is 6.08 Å². The zero-order valence-corrected chi connectivity index (χ0v) is 16.7. The highest BCUT2D eigenvalue weighted by atomic mass is 16.6. The van der Waals surface area contributed by atoms with Gasteiger partial charge >= 0.3 is 6.09 Å². The molecule has 2 N–H and O–H groups in total. The Hall–Kier alpha value is -2.79. The largest absolute Gasteiger partial charge is 0.489 e. The molecule has 0 saturated carbocycles. The normalized spacial score (nSPS) is 13.3. The van der Waals surface area contributed by atoms with Crippen molar-refractivity contribution in [2.45, 2.75) is 51.5 Å². The maximum Gasteiger partial charge on any atom is 0.407 e. The molecule has 0 aliphatic rings. The molecular weight excluding hydrogens is 354 g/mol. The van der Waals surface area contributed by atoms with Crippen LogP contribution in [0.25, 0.3) is 0 Å². The van der Waals surface area contributed by atoms with Crippen LogP contribution in [0.15, 0.2) is 67.3 Å². The Bertz CT molecular complexity index is 750. The van der Waals surface area contributed by atoms with E-state index in [4.69, 9.17) is 9.47 Å². The van der Waals surface area contributed by atoms with Crippen LogP contribution in [0.2, 0.25) is 0 Å². The van der Waals surface area contributed by atoms with Crippen molar-refractivity contribution in [3.63, 3.8) is 0 Å². The summed E-state index contributed by atoms with van der Waals surface area (Å²) in [5.41, 5.74) is 1.45. The second kappa shape index (κ2) is 9.95. The number of carbonyl (C=O) groups is 1. The predicted molar refractivity (Wildman–Crippen MR) is 110 cm³/mol. The van der Waals surface area contributed by atoms with Gasteiger partial charge in [-0.25, -0.2) is 4.79 Å². The molecule has 0 bridgehead atoms. The quantitative estimate of drug-likeness (QED) is 0.669. The summed E-state index contributed by atoms with van der Waals surface area (Å²) in [6.07, 6.45) is 0.382. The summed E-state index contributed by atoms with van der Waals surface area (Å²) >= 11 is 0. The van der Waals surface area contributed by atoms with Crippen LogP contribution in [0.3, 0.4) is 0 Å². The first-order chi connectivity index (χ1) is 13.3. The van der Waals surface area contributed by atoms with Gasteiger partial charge in [-0.2, -0.15) is 0 Å². The van der Waals surface area contributed by atoms with E-state index in [0.29, 0.717) is 13.0 Å². The summed E-state index contributed by atoms with van der Waals surface area (Å²) in [6, 6.07) is 17.0. The first-order valence-corrected chi connectivity index (χ1v) is 9.32. The highest BCUT2D eigenvalue weighted by Crippen LogP contribution is 2.17. The summed E-state index contributed by atoms with van der Waals surface area (Å²) in [6.45, 7) is 9.48. The van der Waals surface area contributed by atoms with Gasteiger partial charge in [0.05, 0.1) is 12.1 Å². The Balaban J connectivity index is 1.96. The van der Waals surface area contributed by atoms with E-state index < -0.39 is 23.8 Å². The van der Waals surface area contributed by atoms with Crippen molar-refractivity contribution < 1.29 is 19.4 Å². The van der Waals surface area contributed by atoms with E-state index in [-0.39, 0.29) is 0 Å². The van der Waals surface area contributed by atoms with Crippen LogP contribution in [0.5, 0.6) is 5.75 Å². The predicted octanol–water partition coefficient (Wildman–Crippen LogP) is 4.25. The molecule has 28 heavy (non-hydrogen) atoms. The molecule has 0 saturated heterocycles. The first-order valence-electron chi connectivity index (χ1n) is 9.32. The lowest BCUT2D eigenvalue weighted by atomic mass is 10.0. The average Bonchev–Trinajstić information content (AvgIpc) is 2.65. The van der Waals surface area contributed by atoms with E-state index in [1.54, 1.807) is 20.8 Å². The van der Waals surface area contributed by atoms with Crippen LogP contribution in [-0.2, 0) is 17.8 Å². The zero-order chi connectivity index (χ0) is 20.6. The van der Waals surface area contributed by atoms with Gasteiger partial charge < -0.3 is 19.9 Å². The molecule has 5 heteroatoms. The lowest BCUT2D eigenvalue weighted by Gasteiger charge is -2.25. The van der Waals surface area contributed by atoms with Gasteiger partial charge in [-0.05, 0) is 50.5 Å². The number of nitrogens with one attached hydrogen (secondary N) is 1. The number of aliphatic hydroxyl groups is 1. The number of rotatable bonds is 8. The molecule has 0 unspecified atom stereocenters. The number of benzene rings is 2. The van der Waals surface area contributed by atoms with Gasteiger partial charge in [0, 0.05) is 0 Å². The lowest BCUT2D eigenvalue weighted by Crippen LogP contribution is -2.46. The third-order valence-corrected chi connectivity index (χ3v) is 3.98. The standard InChI is InChI=1S/C23H29NO4/c1-5-21(25)20(24-22(26)28-23(2,3)4)15-17-11-13-19(14-12-17)27-16-18-9-7-6-8-10-18/h5-14,20-21,25H,1,15-16H2,2-4H3,(H,24,26)/t20-,21-/m0/s1. The number of hydrogen-bond donors (Lipinski definition) is 2. The second-order valence-corrected chi connectivity index (χ2v) is 7.60. The lowest BCUT2D eigenvalue weighted by molar-refractivity contribution is 0.0455. The van der Waals surface area contributed by atoms with Crippen LogP contribution >= 0.6 is 0 Å². The summed E-state index contributed by atoms with van der Waals surface area (Å²) in [5, 5.41) is 12.9. The van der Waals surface area contributed by atoms with Crippen LogP contribution in [0.1, 0.15) is 31.9 Å². The molecule has 150 valence electrons. The van der Waals surface area contributed by atoms with Gasteiger partial charge in [0.15, 0.2) is 0 Å². The van der Waals surface area contributed by atoms with Crippen LogP contribution < -0.4 is 10.1 Å². The molecule has 2 rings (SSSR count). The number of carbonyl (C=O) groups excluding carboxylic acids is 1. The molecule has 1 amide bonds. The van der Waals surface area contributed by atoms with Gasteiger partial charge in [0.25, 0.3) is 0 Å². The molecule has 2 aromatic carbocycles. The minimum absolute atomic E-state index is 0.436. The average molecular weight is 383 g/mol. The Morgan fingerprint density at radius 1 is 1.11 bits per heavy atom. The van der Waals surface area contributed by atoms with Crippen LogP contribution in [-0.4, -0.2) is 28.9 Å². The molecule has 0 spiro atoms. The van der Waals surface area contributed by atoms with E-state index >= 15 is 0 Å². The van der Waals surface area contributed by atoms with E-state index in [9.17, 15) is 9.90 Å². The first kappa shape index (κ1) is 21.5. The molecule has 0 aromatic heterocycles. The molecule has 0 fully saturated rings. The topological polar surface area (TPSA) is 67.8 Å². The summed E-state index contributed by atoms with van der Waals surface area (Å²) < 4.78 is 11.1. The van der Waals surface area contributed by atoms with Crippen molar-refractivity contribution in [2.24, 2.45) is 0 Å². The van der Waals surface area contributed by atoms with Gasteiger partial charge in [0.2, 0.25) is 0 Å². The third-order valence-electron chi connectivity index (χ3n) is 3.98. The molecule has 2 aromatic rings. The van der Waals surface area contributed by atoms with E-state index in [0.717, 1.165) is 16.9 Å². The Labute approximate surface area is 167 Å². The number of aliphatic hydroxyl groups excluding tert-OH is 1. The van der Waals surface area contributed by atoms with Crippen molar-refractivity contribution in [3.05, 3.63) is 78.4 Å². The number of ether oxygens (including phenoxy) is 2. The van der Waals surface area contributed by atoms with Crippen LogP contribution in [0, 0.1) is 0 Å². The highest BCUT2D eigenvalue weighted by Gasteiger charge is 2.23.